The Kier molecular flexibility index (Phi) is 4.63. The lowest BCUT2D eigenvalue weighted by atomic mass is 10.0. The first kappa shape index (κ1) is 13.7. The average Bonchev–Trinajstić information content (AvgIpc) is 2.46. The van der Waals surface area contributed by atoms with E-state index in [4.69, 9.17) is 9.47 Å². The molecule has 1 amide bonds. The van der Waals surface area contributed by atoms with E-state index >= 15 is 0 Å². The van der Waals surface area contributed by atoms with Crippen LogP contribution in [-0.2, 0) is 4.74 Å². The molecule has 0 aliphatic carbocycles. The molecule has 0 bridgehead atoms. The van der Waals surface area contributed by atoms with Crippen molar-refractivity contribution >= 4 is 5.91 Å². The van der Waals surface area contributed by atoms with Gasteiger partial charge in [0, 0.05) is 19.8 Å². The van der Waals surface area contributed by atoms with E-state index in [9.17, 15) is 9.90 Å². The van der Waals surface area contributed by atoms with E-state index in [1.54, 1.807) is 18.2 Å². The number of methoxy groups -OCH3 is 1. The maximum Gasteiger partial charge on any atom is 0.255 e. The van der Waals surface area contributed by atoms with Crippen molar-refractivity contribution in [2.45, 2.75) is 12.8 Å². The number of amides is 1. The molecular weight excluding hydrogens is 246 g/mol. The number of carbonyl (C=O) groups is 1. The van der Waals surface area contributed by atoms with Crippen molar-refractivity contribution in [3.63, 3.8) is 0 Å². The van der Waals surface area contributed by atoms with Crippen molar-refractivity contribution in [2.24, 2.45) is 5.92 Å². The lowest BCUT2D eigenvalue weighted by molar-refractivity contribution is 0.0642. The van der Waals surface area contributed by atoms with Crippen LogP contribution >= 0.6 is 0 Å². The van der Waals surface area contributed by atoms with Crippen LogP contribution in [0.15, 0.2) is 18.2 Å². The Morgan fingerprint density at radius 3 is 2.89 bits per heavy atom. The number of aromatic hydroxyl groups is 1. The molecule has 1 saturated heterocycles. The van der Waals surface area contributed by atoms with E-state index < -0.39 is 0 Å². The van der Waals surface area contributed by atoms with Gasteiger partial charge in [0.15, 0.2) is 11.5 Å². The summed E-state index contributed by atoms with van der Waals surface area (Å²) in [4.78, 5) is 12.0. The fraction of sp³-hybridized carbons (Fsp3) is 0.500. The van der Waals surface area contributed by atoms with Crippen molar-refractivity contribution in [3.8, 4) is 11.5 Å². The van der Waals surface area contributed by atoms with Gasteiger partial charge in [-0.25, -0.2) is 0 Å². The highest BCUT2D eigenvalue weighted by Gasteiger charge is 2.18. The molecule has 0 saturated carbocycles. The van der Waals surface area contributed by atoms with Gasteiger partial charge < -0.3 is 19.9 Å². The van der Waals surface area contributed by atoms with Crippen LogP contribution in [0.3, 0.4) is 0 Å². The molecule has 5 heteroatoms. The van der Waals surface area contributed by atoms with Crippen LogP contribution in [-0.4, -0.2) is 37.9 Å². The summed E-state index contributed by atoms with van der Waals surface area (Å²) in [6.45, 7) is 2.12. The van der Waals surface area contributed by atoms with Crippen molar-refractivity contribution in [1.29, 1.82) is 0 Å². The lowest BCUT2D eigenvalue weighted by Crippen LogP contribution is -2.32. The number of phenolic OH excluding ortho intramolecular Hbond substituents is 1. The quantitative estimate of drug-likeness (QED) is 0.867. The van der Waals surface area contributed by atoms with Crippen molar-refractivity contribution in [1.82, 2.24) is 5.32 Å². The van der Waals surface area contributed by atoms with Crippen LogP contribution in [0.2, 0.25) is 0 Å². The molecule has 0 spiro atoms. The number of carbonyl (C=O) groups excluding carboxylic acids is 1. The Morgan fingerprint density at radius 1 is 1.47 bits per heavy atom. The molecule has 0 aromatic heterocycles. The van der Waals surface area contributed by atoms with Crippen LogP contribution in [0.5, 0.6) is 11.5 Å². The summed E-state index contributed by atoms with van der Waals surface area (Å²) in [5.74, 6) is 0.363. The number of rotatable bonds is 4. The number of hydrogen-bond acceptors (Lipinski definition) is 4. The van der Waals surface area contributed by atoms with Crippen LogP contribution in [0.1, 0.15) is 23.2 Å². The van der Waals surface area contributed by atoms with Crippen molar-refractivity contribution in [3.05, 3.63) is 23.8 Å². The Balaban J connectivity index is 1.95. The molecule has 2 N–H and O–H groups in total. The molecule has 1 aliphatic rings. The highest BCUT2D eigenvalue weighted by Crippen LogP contribution is 2.29. The maximum atomic E-state index is 12.0. The third-order valence-electron chi connectivity index (χ3n) is 3.36. The maximum absolute atomic E-state index is 12.0. The van der Waals surface area contributed by atoms with Gasteiger partial charge in [0.25, 0.3) is 5.91 Å². The lowest BCUT2D eigenvalue weighted by Gasteiger charge is -2.22. The minimum Gasteiger partial charge on any atom is -0.504 e. The topological polar surface area (TPSA) is 67.8 Å². The molecule has 1 aliphatic heterocycles. The van der Waals surface area contributed by atoms with Crippen LogP contribution in [0.25, 0.3) is 0 Å². The van der Waals surface area contributed by atoms with Crippen molar-refractivity contribution < 1.29 is 19.4 Å². The summed E-state index contributed by atoms with van der Waals surface area (Å²) in [6, 6.07) is 4.88. The Hall–Kier alpha value is -1.75. The first-order valence-corrected chi connectivity index (χ1v) is 6.44. The predicted octanol–water partition coefficient (Wildman–Crippen LogP) is 1.56. The minimum atomic E-state index is -0.275. The Labute approximate surface area is 112 Å². The molecule has 1 aromatic carbocycles. The highest BCUT2D eigenvalue weighted by atomic mass is 16.5. The molecule has 5 nitrogen and oxygen atoms in total. The molecule has 0 radical (unpaired) electrons. The zero-order chi connectivity index (χ0) is 13.7. The van der Waals surface area contributed by atoms with Crippen LogP contribution in [0.4, 0.5) is 0 Å². The summed E-state index contributed by atoms with van der Waals surface area (Å²) >= 11 is 0. The normalized spacial score (nSPS) is 16.1. The van der Waals surface area contributed by atoms with Gasteiger partial charge in [0.1, 0.15) is 0 Å². The molecule has 1 fully saturated rings. The molecule has 104 valence electrons. The second-order valence-electron chi connectivity index (χ2n) is 4.62. The predicted molar refractivity (Wildman–Crippen MR) is 70.5 cm³/mol. The summed E-state index contributed by atoms with van der Waals surface area (Å²) in [7, 11) is 1.46. The first-order valence-electron chi connectivity index (χ1n) is 6.44. The van der Waals surface area contributed by atoms with E-state index in [-0.39, 0.29) is 17.2 Å². The number of benzene rings is 1. The number of ether oxygens (including phenoxy) is 2. The van der Waals surface area contributed by atoms with E-state index in [0.29, 0.717) is 18.2 Å². The second kappa shape index (κ2) is 6.43. The molecule has 19 heavy (non-hydrogen) atoms. The molecule has 1 heterocycles. The fourth-order valence-corrected chi connectivity index (χ4v) is 2.15. The van der Waals surface area contributed by atoms with Gasteiger partial charge in [-0.15, -0.1) is 0 Å². The van der Waals surface area contributed by atoms with Gasteiger partial charge in [-0.1, -0.05) is 6.07 Å². The largest absolute Gasteiger partial charge is 0.504 e. The van der Waals surface area contributed by atoms with E-state index in [1.165, 1.54) is 7.11 Å². The van der Waals surface area contributed by atoms with E-state index in [2.05, 4.69) is 5.32 Å². The standard InChI is InChI=1S/C14H19NO4/c1-18-12-4-2-3-11(13(12)16)14(17)15-9-10-5-7-19-8-6-10/h2-4,10,16H,5-9H2,1H3,(H,15,17). The number of nitrogens with one attached hydrogen (secondary N) is 1. The van der Waals surface area contributed by atoms with Crippen LogP contribution < -0.4 is 10.1 Å². The summed E-state index contributed by atoms with van der Waals surface area (Å²) in [5.41, 5.74) is 0.242. The van der Waals surface area contributed by atoms with Gasteiger partial charge in [-0.05, 0) is 30.9 Å². The third kappa shape index (κ3) is 3.38. The smallest absolute Gasteiger partial charge is 0.255 e. The summed E-state index contributed by atoms with van der Waals surface area (Å²) in [6.07, 6.45) is 1.93. The SMILES string of the molecule is COc1cccc(C(=O)NCC2CCOCC2)c1O. The van der Waals surface area contributed by atoms with E-state index in [0.717, 1.165) is 26.1 Å². The molecule has 0 unspecified atom stereocenters. The van der Waals surface area contributed by atoms with Gasteiger partial charge >= 0.3 is 0 Å². The van der Waals surface area contributed by atoms with Crippen LogP contribution in [0, 0.1) is 5.92 Å². The number of para-hydroxylation sites is 1. The van der Waals surface area contributed by atoms with Gasteiger partial charge in [-0.3, -0.25) is 4.79 Å². The molecular formula is C14H19NO4. The number of hydrogen-bond donors (Lipinski definition) is 2. The first-order chi connectivity index (χ1) is 9.22. The summed E-state index contributed by atoms with van der Waals surface area (Å²) in [5, 5.41) is 12.7. The zero-order valence-corrected chi connectivity index (χ0v) is 11.0. The van der Waals surface area contributed by atoms with Gasteiger partial charge in [0.2, 0.25) is 0 Å². The van der Waals surface area contributed by atoms with Crippen molar-refractivity contribution in [2.75, 3.05) is 26.9 Å². The fourth-order valence-electron chi connectivity index (χ4n) is 2.15. The average molecular weight is 265 g/mol. The monoisotopic (exact) mass is 265 g/mol. The second-order valence-corrected chi connectivity index (χ2v) is 4.62. The van der Waals surface area contributed by atoms with Gasteiger partial charge in [-0.2, -0.15) is 0 Å². The van der Waals surface area contributed by atoms with E-state index in [1.807, 2.05) is 0 Å². The Morgan fingerprint density at radius 2 is 2.21 bits per heavy atom. The molecule has 2 rings (SSSR count). The molecule has 0 atom stereocenters. The third-order valence-corrected chi connectivity index (χ3v) is 3.36. The zero-order valence-electron chi connectivity index (χ0n) is 11.0. The molecule has 1 aromatic rings. The minimum absolute atomic E-state index is 0.116. The Bertz CT molecular complexity index is 441. The highest BCUT2D eigenvalue weighted by molar-refractivity contribution is 5.97. The number of phenols is 1. The summed E-state index contributed by atoms with van der Waals surface area (Å²) < 4.78 is 10.3. The van der Waals surface area contributed by atoms with Gasteiger partial charge in [0.05, 0.1) is 12.7 Å².